The lowest BCUT2D eigenvalue weighted by Crippen LogP contribution is -2.24. The van der Waals surface area contributed by atoms with E-state index in [1.54, 1.807) is 23.9 Å². The average Bonchev–Trinajstić information content (AvgIpc) is 2.32. The van der Waals surface area contributed by atoms with Gasteiger partial charge in [-0.2, -0.15) is 11.8 Å². The summed E-state index contributed by atoms with van der Waals surface area (Å²) in [6.45, 7) is 4.82. The summed E-state index contributed by atoms with van der Waals surface area (Å²) >= 11 is 1.76. The van der Waals surface area contributed by atoms with Gasteiger partial charge in [-0.25, -0.2) is 8.78 Å². The molecule has 0 aliphatic carbocycles. The lowest BCUT2D eigenvalue weighted by Gasteiger charge is -2.18. The van der Waals surface area contributed by atoms with E-state index < -0.39 is 11.6 Å². The zero-order chi connectivity index (χ0) is 12.7. The van der Waals surface area contributed by atoms with E-state index >= 15 is 0 Å². The van der Waals surface area contributed by atoms with Crippen molar-refractivity contribution in [2.24, 2.45) is 0 Å². The van der Waals surface area contributed by atoms with Crippen molar-refractivity contribution in [2.45, 2.75) is 26.3 Å². The van der Waals surface area contributed by atoms with Crippen LogP contribution in [0.4, 0.5) is 8.78 Å². The average molecular weight is 259 g/mol. The molecule has 0 spiro atoms. The molecule has 0 saturated heterocycles. The predicted octanol–water partition coefficient (Wildman–Crippen LogP) is 3.76. The standard InChI is InChI=1S/C13H19F2NS/c1-3-8-17-9-12(16-4-2)10-6-5-7-11(14)13(10)15/h5-7,12,16H,3-4,8-9H2,1-2H3. The normalized spacial score (nSPS) is 12.7. The van der Waals surface area contributed by atoms with Crippen molar-refractivity contribution in [1.82, 2.24) is 5.32 Å². The largest absolute Gasteiger partial charge is 0.309 e. The van der Waals surface area contributed by atoms with Gasteiger partial charge in [-0.3, -0.25) is 0 Å². The fourth-order valence-electron chi connectivity index (χ4n) is 1.64. The highest BCUT2D eigenvalue weighted by Crippen LogP contribution is 2.23. The van der Waals surface area contributed by atoms with E-state index in [1.807, 2.05) is 6.92 Å². The summed E-state index contributed by atoms with van der Waals surface area (Å²) in [6.07, 6.45) is 1.09. The minimum atomic E-state index is -0.772. The van der Waals surface area contributed by atoms with Crippen LogP contribution in [0.25, 0.3) is 0 Å². The van der Waals surface area contributed by atoms with Crippen LogP contribution in [-0.4, -0.2) is 18.1 Å². The van der Waals surface area contributed by atoms with Crippen LogP contribution >= 0.6 is 11.8 Å². The molecule has 96 valence electrons. The van der Waals surface area contributed by atoms with Crippen LogP contribution in [0.3, 0.4) is 0 Å². The summed E-state index contributed by atoms with van der Waals surface area (Å²) < 4.78 is 26.8. The second-order valence-corrected chi connectivity index (χ2v) is 4.98. The van der Waals surface area contributed by atoms with Crippen molar-refractivity contribution in [3.63, 3.8) is 0 Å². The number of thioether (sulfide) groups is 1. The Morgan fingerprint density at radius 3 is 2.71 bits per heavy atom. The molecule has 4 heteroatoms. The van der Waals surface area contributed by atoms with Gasteiger partial charge in [0.05, 0.1) is 0 Å². The molecule has 1 unspecified atom stereocenters. The summed E-state index contributed by atoms with van der Waals surface area (Å²) in [5.74, 6) is 0.308. The van der Waals surface area contributed by atoms with Gasteiger partial charge < -0.3 is 5.32 Å². The lowest BCUT2D eigenvalue weighted by molar-refractivity contribution is 0.478. The Bertz CT molecular complexity index is 344. The Morgan fingerprint density at radius 2 is 2.06 bits per heavy atom. The molecular formula is C13H19F2NS. The van der Waals surface area contributed by atoms with Crippen molar-refractivity contribution < 1.29 is 8.78 Å². The second kappa shape index (κ2) is 7.67. The van der Waals surface area contributed by atoms with E-state index in [1.165, 1.54) is 0 Å². The van der Waals surface area contributed by atoms with E-state index in [9.17, 15) is 8.78 Å². The van der Waals surface area contributed by atoms with Gasteiger partial charge >= 0.3 is 0 Å². The summed E-state index contributed by atoms with van der Waals surface area (Å²) in [6, 6.07) is 4.24. The topological polar surface area (TPSA) is 12.0 Å². The van der Waals surface area contributed by atoms with E-state index in [0.29, 0.717) is 5.56 Å². The number of nitrogens with one attached hydrogen (secondary N) is 1. The summed E-state index contributed by atoms with van der Waals surface area (Å²) in [7, 11) is 0. The van der Waals surface area contributed by atoms with Crippen molar-refractivity contribution in [3.8, 4) is 0 Å². The van der Waals surface area contributed by atoms with Crippen LogP contribution in [-0.2, 0) is 0 Å². The monoisotopic (exact) mass is 259 g/mol. The zero-order valence-electron chi connectivity index (χ0n) is 10.3. The number of hydrogen-bond donors (Lipinski definition) is 1. The molecule has 1 nitrogen and oxygen atoms in total. The quantitative estimate of drug-likeness (QED) is 0.748. The van der Waals surface area contributed by atoms with Crippen LogP contribution in [0.2, 0.25) is 0 Å². The molecule has 0 aliphatic heterocycles. The van der Waals surface area contributed by atoms with Crippen LogP contribution in [0, 0.1) is 11.6 Å². The first-order valence-corrected chi connectivity index (χ1v) is 7.11. The molecular weight excluding hydrogens is 240 g/mol. The summed E-state index contributed by atoms with van der Waals surface area (Å²) in [5.41, 5.74) is 0.426. The minimum Gasteiger partial charge on any atom is -0.309 e. The zero-order valence-corrected chi connectivity index (χ0v) is 11.1. The van der Waals surface area contributed by atoms with Gasteiger partial charge in [0.25, 0.3) is 0 Å². The maximum Gasteiger partial charge on any atom is 0.163 e. The molecule has 1 N–H and O–H groups in total. The first-order chi connectivity index (χ1) is 8.20. The number of halogens is 2. The van der Waals surface area contributed by atoms with Gasteiger partial charge in [0, 0.05) is 17.4 Å². The SMILES string of the molecule is CCCSCC(NCC)c1cccc(F)c1F. The molecule has 17 heavy (non-hydrogen) atoms. The highest BCUT2D eigenvalue weighted by Gasteiger charge is 2.17. The Morgan fingerprint density at radius 1 is 1.29 bits per heavy atom. The molecule has 0 saturated carbocycles. The first kappa shape index (κ1) is 14.5. The maximum absolute atomic E-state index is 13.7. The smallest absolute Gasteiger partial charge is 0.163 e. The maximum atomic E-state index is 13.7. The van der Waals surface area contributed by atoms with Crippen molar-refractivity contribution in [2.75, 3.05) is 18.1 Å². The van der Waals surface area contributed by atoms with Crippen LogP contribution in [0.1, 0.15) is 31.9 Å². The molecule has 1 rings (SSSR count). The van der Waals surface area contributed by atoms with Crippen molar-refractivity contribution >= 4 is 11.8 Å². The van der Waals surface area contributed by atoms with Gasteiger partial charge in [-0.15, -0.1) is 0 Å². The molecule has 0 radical (unpaired) electrons. The summed E-state index contributed by atoms with van der Waals surface area (Å²) in [4.78, 5) is 0. The van der Waals surface area contributed by atoms with Crippen LogP contribution in [0.5, 0.6) is 0 Å². The molecule has 0 bridgehead atoms. The molecule has 1 atom stereocenters. The van der Waals surface area contributed by atoms with Crippen LogP contribution in [0.15, 0.2) is 18.2 Å². The van der Waals surface area contributed by atoms with E-state index in [-0.39, 0.29) is 6.04 Å². The van der Waals surface area contributed by atoms with E-state index in [2.05, 4.69) is 12.2 Å². The van der Waals surface area contributed by atoms with Crippen LogP contribution < -0.4 is 5.32 Å². The number of hydrogen-bond acceptors (Lipinski definition) is 2. The first-order valence-electron chi connectivity index (χ1n) is 5.95. The second-order valence-electron chi connectivity index (χ2n) is 3.83. The van der Waals surface area contributed by atoms with E-state index in [0.717, 1.165) is 30.5 Å². The van der Waals surface area contributed by atoms with Gasteiger partial charge in [0.15, 0.2) is 11.6 Å². The molecule has 0 aromatic heterocycles. The Kier molecular flexibility index (Phi) is 6.52. The van der Waals surface area contributed by atoms with Crippen molar-refractivity contribution in [3.05, 3.63) is 35.4 Å². The third-order valence-electron chi connectivity index (χ3n) is 2.44. The van der Waals surface area contributed by atoms with Gasteiger partial charge in [-0.1, -0.05) is 26.0 Å². The highest BCUT2D eigenvalue weighted by atomic mass is 32.2. The van der Waals surface area contributed by atoms with Crippen molar-refractivity contribution in [1.29, 1.82) is 0 Å². The number of rotatable bonds is 7. The van der Waals surface area contributed by atoms with Gasteiger partial charge in [0.2, 0.25) is 0 Å². The Hall–Kier alpha value is -0.610. The third kappa shape index (κ3) is 4.28. The minimum absolute atomic E-state index is 0.118. The fourth-order valence-corrected chi connectivity index (χ4v) is 2.63. The summed E-state index contributed by atoms with van der Waals surface area (Å²) in [5, 5.41) is 3.20. The van der Waals surface area contributed by atoms with E-state index in [4.69, 9.17) is 0 Å². The molecule has 0 amide bonds. The number of benzene rings is 1. The Balaban J connectivity index is 2.77. The third-order valence-corrected chi connectivity index (χ3v) is 3.71. The fraction of sp³-hybridized carbons (Fsp3) is 0.538. The molecule has 0 aliphatic rings. The molecule has 0 fully saturated rings. The van der Waals surface area contributed by atoms with Gasteiger partial charge in [-0.05, 0) is 24.8 Å². The lowest BCUT2D eigenvalue weighted by atomic mass is 10.1. The molecule has 0 heterocycles. The Labute approximate surface area is 106 Å². The predicted molar refractivity (Wildman–Crippen MR) is 70.4 cm³/mol. The highest BCUT2D eigenvalue weighted by molar-refractivity contribution is 7.99. The molecule has 1 aromatic carbocycles. The molecule has 1 aromatic rings. The van der Waals surface area contributed by atoms with Gasteiger partial charge in [0.1, 0.15) is 0 Å².